The molecule has 0 saturated heterocycles. The topological polar surface area (TPSA) is 69.7 Å². The van der Waals surface area contributed by atoms with Crippen LogP contribution in [0.1, 0.15) is 29.3 Å². The maximum Gasteiger partial charge on any atom is 0.254 e. The Kier molecular flexibility index (Phi) is 5.44. The molecule has 6 nitrogen and oxygen atoms in total. The summed E-state index contributed by atoms with van der Waals surface area (Å²) in [4.78, 5) is 40.4. The number of carbonyl (C=O) groups is 3. The summed E-state index contributed by atoms with van der Waals surface area (Å²) in [5.41, 5.74) is 1.77. The van der Waals surface area contributed by atoms with Crippen molar-refractivity contribution in [1.29, 1.82) is 0 Å². The van der Waals surface area contributed by atoms with E-state index in [-0.39, 0.29) is 36.4 Å². The van der Waals surface area contributed by atoms with Crippen molar-refractivity contribution in [2.75, 3.05) is 23.8 Å². The van der Waals surface area contributed by atoms with E-state index in [4.69, 9.17) is 0 Å². The quantitative estimate of drug-likeness (QED) is 0.886. The van der Waals surface area contributed by atoms with E-state index in [1.807, 2.05) is 0 Å². The lowest BCUT2D eigenvalue weighted by Crippen LogP contribution is -2.45. The van der Waals surface area contributed by atoms with Crippen molar-refractivity contribution in [2.24, 2.45) is 0 Å². The second kappa shape index (κ2) is 7.80. The SMILES string of the molecule is Cc1ccc(C(=O)N(C)CC(=O)N2c3ccccc3NC(=O)C[C@@H]2C)cc1F. The van der Waals surface area contributed by atoms with Gasteiger partial charge in [0.05, 0.1) is 11.4 Å². The average Bonchev–Trinajstić information content (AvgIpc) is 2.77. The van der Waals surface area contributed by atoms with E-state index < -0.39 is 11.7 Å². The first kappa shape index (κ1) is 19.5. The van der Waals surface area contributed by atoms with Crippen LogP contribution in [0.2, 0.25) is 0 Å². The van der Waals surface area contributed by atoms with Gasteiger partial charge in [-0.2, -0.15) is 0 Å². The van der Waals surface area contributed by atoms with Crippen molar-refractivity contribution in [3.05, 3.63) is 59.4 Å². The predicted octanol–water partition coefficient (Wildman–Crippen LogP) is 2.97. The van der Waals surface area contributed by atoms with Crippen LogP contribution in [0, 0.1) is 12.7 Å². The lowest BCUT2D eigenvalue weighted by Gasteiger charge is -2.29. The number of rotatable bonds is 3. The van der Waals surface area contributed by atoms with Gasteiger partial charge in [0.2, 0.25) is 11.8 Å². The van der Waals surface area contributed by atoms with Gasteiger partial charge >= 0.3 is 0 Å². The zero-order chi connectivity index (χ0) is 20.4. The standard InChI is InChI=1S/C21H22FN3O3/c1-13-8-9-15(11-16(13)22)21(28)24(3)12-20(27)25-14(2)10-19(26)23-17-6-4-5-7-18(17)25/h4-9,11,14H,10,12H2,1-3H3,(H,23,26)/t14-/m0/s1. The average molecular weight is 383 g/mol. The maximum absolute atomic E-state index is 13.8. The molecule has 1 aliphatic rings. The summed E-state index contributed by atoms with van der Waals surface area (Å²) in [5, 5.41) is 2.80. The minimum Gasteiger partial charge on any atom is -0.332 e. The zero-order valence-electron chi connectivity index (χ0n) is 16.0. The van der Waals surface area contributed by atoms with Crippen molar-refractivity contribution in [1.82, 2.24) is 4.90 Å². The van der Waals surface area contributed by atoms with Crippen LogP contribution >= 0.6 is 0 Å². The molecule has 1 heterocycles. The van der Waals surface area contributed by atoms with E-state index >= 15 is 0 Å². The minimum absolute atomic E-state index is 0.154. The van der Waals surface area contributed by atoms with Gasteiger partial charge in [-0.15, -0.1) is 0 Å². The molecule has 3 amide bonds. The van der Waals surface area contributed by atoms with E-state index in [9.17, 15) is 18.8 Å². The Bertz CT molecular complexity index is 944. The first-order chi connectivity index (χ1) is 13.3. The molecule has 0 unspecified atom stereocenters. The fourth-order valence-corrected chi connectivity index (χ4v) is 3.26. The van der Waals surface area contributed by atoms with Crippen molar-refractivity contribution >= 4 is 29.1 Å². The number of para-hydroxylation sites is 2. The summed E-state index contributed by atoms with van der Waals surface area (Å²) >= 11 is 0. The van der Waals surface area contributed by atoms with Gasteiger partial charge in [-0.05, 0) is 43.7 Å². The molecule has 0 fully saturated rings. The van der Waals surface area contributed by atoms with Crippen LogP contribution in [0.15, 0.2) is 42.5 Å². The van der Waals surface area contributed by atoms with Crippen molar-refractivity contribution in [3.63, 3.8) is 0 Å². The number of carbonyl (C=O) groups excluding carboxylic acids is 3. The molecule has 0 aromatic heterocycles. The first-order valence-corrected chi connectivity index (χ1v) is 9.00. The molecule has 0 radical (unpaired) electrons. The van der Waals surface area contributed by atoms with Gasteiger partial charge in [0.25, 0.3) is 5.91 Å². The highest BCUT2D eigenvalue weighted by Gasteiger charge is 2.30. The number of hydrogen-bond donors (Lipinski definition) is 1. The van der Waals surface area contributed by atoms with Crippen LogP contribution in [-0.2, 0) is 9.59 Å². The summed E-state index contributed by atoms with van der Waals surface area (Å²) in [6.45, 7) is 3.21. The van der Waals surface area contributed by atoms with Gasteiger partial charge in [0.1, 0.15) is 12.4 Å². The number of nitrogens with one attached hydrogen (secondary N) is 1. The molecule has 0 saturated carbocycles. The fourth-order valence-electron chi connectivity index (χ4n) is 3.26. The molecule has 1 atom stereocenters. The summed E-state index contributed by atoms with van der Waals surface area (Å²) in [7, 11) is 1.50. The number of amides is 3. The van der Waals surface area contributed by atoms with Crippen LogP contribution in [0.3, 0.4) is 0 Å². The van der Waals surface area contributed by atoms with E-state index in [0.29, 0.717) is 16.9 Å². The molecule has 28 heavy (non-hydrogen) atoms. The molecule has 0 bridgehead atoms. The van der Waals surface area contributed by atoms with Crippen molar-refractivity contribution in [3.8, 4) is 0 Å². The number of halogens is 1. The van der Waals surface area contributed by atoms with Crippen LogP contribution in [0.25, 0.3) is 0 Å². The molecule has 2 aromatic carbocycles. The molecular weight excluding hydrogens is 361 g/mol. The molecule has 0 spiro atoms. The van der Waals surface area contributed by atoms with Gasteiger partial charge in [0.15, 0.2) is 0 Å². The number of fused-ring (bicyclic) bond motifs is 1. The third-order valence-electron chi connectivity index (χ3n) is 4.77. The third kappa shape index (κ3) is 3.88. The second-order valence-corrected chi connectivity index (χ2v) is 7.01. The number of likely N-dealkylation sites (N-methyl/N-ethyl adjacent to an activating group) is 1. The van der Waals surface area contributed by atoms with Crippen molar-refractivity contribution < 1.29 is 18.8 Å². The number of aryl methyl sites for hydroxylation is 1. The first-order valence-electron chi connectivity index (χ1n) is 9.00. The smallest absolute Gasteiger partial charge is 0.254 e. The second-order valence-electron chi connectivity index (χ2n) is 7.01. The third-order valence-corrected chi connectivity index (χ3v) is 4.77. The van der Waals surface area contributed by atoms with Gasteiger partial charge in [0, 0.05) is 25.1 Å². The number of benzene rings is 2. The zero-order valence-corrected chi connectivity index (χ0v) is 16.0. The van der Waals surface area contributed by atoms with E-state index in [1.54, 1.807) is 38.1 Å². The van der Waals surface area contributed by atoms with Crippen molar-refractivity contribution in [2.45, 2.75) is 26.3 Å². The molecule has 146 valence electrons. The van der Waals surface area contributed by atoms with E-state index in [0.717, 1.165) is 0 Å². The van der Waals surface area contributed by atoms with Crippen LogP contribution < -0.4 is 10.2 Å². The largest absolute Gasteiger partial charge is 0.332 e. The lowest BCUT2D eigenvalue weighted by molar-refractivity contribution is -0.119. The summed E-state index contributed by atoms with van der Waals surface area (Å²) < 4.78 is 13.8. The van der Waals surface area contributed by atoms with Gasteiger partial charge in [-0.25, -0.2) is 4.39 Å². The number of anilines is 2. The van der Waals surface area contributed by atoms with Gasteiger partial charge in [-0.1, -0.05) is 18.2 Å². The summed E-state index contributed by atoms with van der Waals surface area (Å²) in [6.07, 6.45) is 0.154. The highest BCUT2D eigenvalue weighted by atomic mass is 19.1. The summed E-state index contributed by atoms with van der Waals surface area (Å²) in [6, 6.07) is 10.9. The maximum atomic E-state index is 13.8. The molecule has 2 aromatic rings. The molecule has 3 rings (SSSR count). The fraction of sp³-hybridized carbons (Fsp3) is 0.286. The minimum atomic E-state index is -0.467. The monoisotopic (exact) mass is 383 g/mol. The molecule has 1 aliphatic heterocycles. The van der Waals surface area contributed by atoms with Crippen LogP contribution in [0.5, 0.6) is 0 Å². The molecular formula is C21H22FN3O3. The van der Waals surface area contributed by atoms with E-state index in [2.05, 4.69) is 5.32 Å². The Balaban J connectivity index is 1.82. The highest BCUT2D eigenvalue weighted by molar-refractivity contribution is 6.06. The molecule has 1 N–H and O–H groups in total. The number of nitrogens with zero attached hydrogens (tertiary/aromatic N) is 2. The van der Waals surface area contributed by atoms with Gasteiger partial charge < -0.3 is 15.1 Å². The van der Waals surface area contributed by atoms with Crippen LogP contribution in [-0.4, -0.2) is 42.3 Å². The van der Waals surface area contributed by atoms with E-state index in [1.165, 1.54) is 35.0 Å². The van der Waals surface area contributed by atoms with Gasteiger partial charge in [-0.3, -0.25) is 14.4 Å². The Hall–Kier alpha value is -3.22. The summed E-state index contributed by atoms with van der Waals surface area (Å²) in [5.74, 6) is -1.41. The Morgan fingerprint density at radius 2 is 1.96 bits per heavy atom. The predicted molar refractivity (Wildman–Crippen MR) is 105 cm³/mol. The number of hydrogen-bond acceptors (Lipinski definition) is 3. The normalized spacial score (nSPS) is 16.1. The Morgan fingerprint density at radius 1 is 1.25 bits per heavy atom. The Morgan fingerprint density at radius 3 is 2.68 bits per heavy atom. The highest BCUT2D eigenvalue weighted by Crippen LogP contribution is 2.31. The molecule has 0 aliphatic carbocycles. The lowest BCUT2D eigenvalue weighted by atomic mass is 10.1. The molecule has 7 heteroatoms. The van der Waals surface area contributed by atoms with Crippen LogP contribution in [0.4, 0.5) is 15.8 Å². The Labute approximate surface area is 162 Å².